The van der Waals surface area contributed by atoms with Crippen LogP contribution in [-0.4, -0.2) is 35.0 Å². The summed E-state index contributed by atoms with van der Waals surface area (Å²) in [5, 5.41) is 0. The molecule has 1 aromatic carbocycles. The van der Waals surface area contributed by atoms with E-state index in [0.717, 1.165) is 18.5 Å². The molecule has 0 bridgehead atoms. The highest BCUT2D eigenvalue weighted by molar-refractivity contribution is 5.95. The Balaban J connectivity index is 1.88. The zero-order chi connectivity index (χ0) is 18.7. The molecule has 0 unspecified atom stereocenters. The minimum Gasteiger partial charge on any atom is -0.493 e. The van der Waals surface area contributed by atoms with Gasteiger partial charge in [0.1, 0.15) is 0 Å². The Kier molecular flexibility index (Phi) is 5.45. The molecule has 0 N–H and O–H groups in total. The van der Waals surface area contributed by atoms with Crippen molar-refractivity contribution in [3.63, 3.8) is 0 Å². The first kappa shape index (κ1) is 18.2. The first-order valence-electron chi connectivity index (χ1n) is 9.09. The number of hydrogen-bond acceptors (Lipinski definition) is 4. The third-order valence-corrected chi connectivity index (χ3v) is 4.48. The summed E-state index contributed by atoms with van der Waals surface area (Å²) in [6.07, 6.45) is 3.88. The van der Waals surface area contributed by atoms with Crippen molar-refractivity contribution in [3.05, 3.63) is 53.9 Å². The molecular weight excluding hydrogens is 328 g/mol. The summed E-state index contributed by atoms with van der Waals surface area (Å²) < 4.78 is 11.2. The van der Waals surface area contributed by atoms with Gasteiger partial charge in [-0.3, -0.25) is 9.78 Å². The number of nitrogens with zero attached hydrogens (tertiary/aromatic N) is 2. The third kappa shape index (κ3) is 3.98. The van der Waals surface area contributed by atoms with Crippen molar-refractivity contribution in [1.29, 1.82) is 0 Å². The van der Waals surface area contributed by atoms with Gasteiger partial charge >= 0.3 is 0 Å². The van der Waals surface area contributed by atoms with E-state index < -0.39 is 0 Å². The number of methoxy groups -OCH3 is 1. The second kappa shape index (κ2) is 7.77. The minimum atomic E-state index is -0.0752. The van der Waals surface area contributed by atoms with Crippen LogP contribution in [0.25, 0.3) is 0 Å². The van der Waals surface area contributed by atoms with Gasteiger partial charge in [-0.25, -0.2) is 0 Å². The molecule has 2 aromatic rings. The average Bonchev–Trinajstić information content (AvgIpc) is 3.47. The van der Waals surface area contributed by atoms with Crippen LogP contribution in [0.1, 0.15) is 55.7 Å². The quantitative estimate of drug-likeness (QED) is 0.746. The van der Waals surface area contributed by atoms with Crippen LogP contribution in [0.4, 0.5) is 0 Å². The lowest BCUT2D eigenvalue weighted by Crippen LogP contribution is -2.36. The highest BCUT2D eigenvalue weighted by Gasteiger charge is 2.37. The molecule has 1 amide bonds. The van der Waals surface area contributed by atoms with Gasteiger partial charge in [-0.1, -0.05) is 6.07 Å². The van der Waals surface area contributed by atoms with Crippen molar-refractivity contribution in [2.24, 2.45) is 0 Å². The largest absolute Gasteiger partial charge is 0.493 e. The van der Waals surface area contributed by atoms with E-state index in [4.69, 9.17) is 9.47 Å². The first-order valence-corrected chi connectivity index (χ1v) is 9.09. The Morgan fingerprint density at radius 3 is 2.50 bits per heavy atom. The number of hydrogen-bond donors (Lipinski definition) is 0. The molecule has 1 aliphatic rings. The van der Waals surface area contributed by atoms with E-state index in [-0.39, 0.29) is 24.1 Å². The van der Waals surface area contributed by atoms with Gasteiger partial charge in [-0.15, -0.1) is 0 Å². The Bertz CT molecular complexity index is 757. The maximum absolute atomic E-state index is 13.2. The van der Waals surface area contributed by atoms with Crippen LogP contribution in [0.2, 0.25) is 0 Å². The van der Waals surface area contributed by atoms with E-state index in [1.165, 1.54) is 0 Å². The fourth-order valence-electron chi connectivity index (χ4n) is 3.08. The topological polar surface area (TPSA) is 51.7 Å². The lowest BCUT2D eigenvalue weighted by molar-refractivity contribution is 0.0669. The maximum Gasteiger partial charge on any atom is 0.254 e. The lowest BCUT2D eigenvalue weighted by atomic mass is 10.1. The molecule has 0 aliphatic heterocycles. The van der Waals surface area contributed by atoms with E-state index in [1.54, 1.807) is 19.4 Å². The number of rotatable bonds is 7. The molecule has 0 radical (unpaired) electrons. The molecule has 5 heteroatoms. The smallest absolute Gasteiger partial charge is 0.254 e. The lowest BCUT2D eigenvalue weighted by Gasteiger charge is -2.29. The molecule has 1 saturated carbocycles. The standard InChI is InChI=1S/C21H26N2O3/c1-14(2)26-19-11-8-16(13-20(19)25-4)21(24)23(17-9-10-17)15(3)18-7-5-6-12-22-18/h5-8,11-15,17H,9-10H2,1-4H3/t15-/m1/s1. The molecule has 1 fully saturated rings. The van der Waals surface area contributed by atoms with Gasteiger partial charge in [-0.05, 0) is 63.9 Å². The van der Waals surface area contributed by atoms with Crippen LogP contribution in [0, 0.1) is 0 Å². The van der Waals surface area contributed by atoms with Gasteiger partial charge < -0.3 is 14.4 Å². The predicted octanol–water partition coefficient (Wildman–Crippen LogP) is 4.24. The Morgan fingerprint density at radius 2 is 1.92 bits per heavy atom. The molecule has 0 saturated heterocycles. The van der Waals surface area contributed by atoms with Crippen molar-refractivity contribution < 1.29 is 14.3 Å². The number of carbonyl (C=O) groups excluding carboxylic acids is 1. The summed E-state index contributed by atoms with van der Waals surface area (Å²) in [4.78, 5) is 19.6. The van der Waals surface area contributed by atoms with Gasteiger partial charge in [0.25, 0.3) is 5.91 Å². The van der Waals surface area contributed by atoms with Gasteiger partial charge in [0.15, 0.2) is 11.5 Å². The van der Waals surface area contributed by atoms with Crippen LogP contribution >= 0.6 is 0 Å². The van der Waals surface area contributed by atoms with Crippen LogP contribution in [0.3, 0.4) is 0 Å². The number of benzene rings is 1. The first-order chi connectivity index (χ1) is 12.5. The molecular formula is C21H26N2O3. The highest BCUT2D eigenvalue weighted by Crippen LogP contribution is 2.36. The molecule has 26 heavy (non-hydrogen) atoms. The van der Waals surface area contributed by atoms with E-state index in [2.05, 4.69) is 4.98 Å². The molecule has 3 rings (SSSR count). The highest BCUT2D eigenvalue weighted by atomic mass is 16.5. The van der Waals surface area contributed by atoms with Crippen molar-refractivity contribution >= 4 is 5.91 Å². The number of carbonyl (C=O) groups is 1. The molecule has 1 atom stereocenters. The molecule has 138 valence electrons. The van der Waals surface area contributed by atoms with Crippen molar-refractivity contribution in [2.45, 2.75) is 51.8 Å². The SMILES string of the molecule is COc1cc(C(=O)N(C2CC2)[C@H](C)c2ccccn2)ccc1OC(C)C. The summed E-state index contributed by atoms with van der Waals surface area (Å²) >= 11 is 0. The zero-order valence-corrected chi connectivity index (χ0v) is 15.8. The van der Waals surface area contributed by atoms with E-state index in [9.17, 15) is 4.79 Å². The summed E-state index contributed by atoms with van der Waals surface area (Å²) in [6, 6.07) is 11.4. The molecule has 5 nitrogen and oxygen atoms in total. The Hall–Kier alpha value is -2.56. The van der Waals surface area contributed by atoms with E-state index in [1.807, 2.05) is 56.0 Å². The second-order valence-electron chi connectivity index (χ2n) is 6.91. The van der Waals surface area contributed by atoms with E-state index >= 15 is 0 Å². The van der Waals surface area contributed by atoms with Gasteiger partial charge in [0, 0.05) is 17.8 Å². The molecule has 1 heterocycles. The number of pyridine rings is 1. The van der Waals surface area contributed by atoms with Gasteiger partial charge in [0.2, 0.25) is 0 Å². The number of aromatic nitrogens is 1. The maximum atomic E-state index is 13.2. The monoisotopic (exact) mass is 354 g/mol. The Morgan fingerprint density at radius 1 is 1.15 bits per heavy atom. The normalized spacial score (nSPS) is 14.8. The van der Waals surface area contributed by atoms with Crippen LogP contribution in [-0.2, 0) is 0 Å². The van der Waals surface area contributed by atoms with Crippen molar-refractivity contribution in [3.8, 4) is 11.5 Å². The van der Waals surface area contributed by atoms with Crippen molar-refractivity contribution in [1.82, 2.24) is 9.88 Å². The predicted molar refractivity (Wildman–Crippen MR) is 101 cm³/mol. The van der Waals surface area contributed by atoms with Crippen LogP contribution < -0.4 is 9.47 Å². The van der Waals surface area contributed by atoms with Crippen molar-refractivity contribution in [2.75, 3.05) is 7.11 Å². The van der Waals surface area contributed by atoms with Gasteiger partial charge in [0.05, 0.1) is 24.9 Å². The summed E-state index contributed by atoms with van der Waals surface area (Å²) in [5.41, 5.74) is 1.51. The fourth-order valence-corrected chi connectivity index (χ4v) is 3.08. The summed E-state index contributed by atoms with van der Waals surface area (Å²) in [5.74, 6) is 1.22. The summed E-state index contributed by atoms with van der Waals surface area (Å²) in [6.45, 7) is 5.95. The van der Waals surface area contributed by atoms with E-state index in [0.29, 0.717) is 17.1 Å². The minimum absolute atomic E-state index is 0.0000463. The Labute approximate surface area is 155 Å². The average molecular weight is 354 g/mol. The molecule has 1 aliphatic carbocycles. The van der Waals surface area contributed by atoms with Gasteiger partial charge in [-0.2, -0.15) is 0 Å². The van der Waals surface area contributed by atoms with Crippen LogP contribution in [0.5, 0.6) is 11.5 Å². The number of ether oxygens (including phenoxy) is 2. The second-order valence-corrected chi connectivity index (χ2v) is 6.91. The third-order valence-electron chi connectivity index (χ3n) is 4.48. The molecule has 0 spiro atoms. The van der Waals surface area contributed by atoms with Crippen LogP contribution in [0.15, 0.2) is 42.6 Å². The zero-order valence-electron chi connectivity index (χ0n) is 15.8. The molecule has 1 aromatic heterocycles. The number of amides is 1. The summed E-state index contributed by atoms with van der Waals surface area (Å²) in [7, 11) is 1.59. The fraction of sp³-hybridized carbons (Fsp3) is 0.429.